The Balaban J connectivity index is 1.77. The largest absolute Gasteiger partial charge is 0.383 e. The summed E-state index contributed by atoms with van der Waals surface area (Å²) in [6.45, 7) is 3.37. The zero-order chi connectivity index (χ0) is 18.1. The van der Waals surface area contributed by atoms with Gasteiger partial charge in [0.15, 0.2) is 0 Å². The molecular weight excluding hydrogens is 326 g/mol. The van der Waals surface area contributed by atoms with E-state index in [-0.39, 0.29) is 11.7 Å². The van der Waals surface area contributed by atoms with Crippen molar-refractivity contribution in [2.45, 2.75) is 19.3 Å². The summed E-state index contributed by atoms with van der Waals surface area (Å²) >= 11 is 0. The predicted molar refractivity (Wildman–Crippen MR) is 98.8 cm³/mol. The lowest BCUT2D eigenvalue weighted by molar-refractivity contribution is 0.194. The van der Waals surface area contributed by atoms with Gasteiger partial charge in [-0.05, 0) is 36.6 Å². The van der Waals surface area contributed by atoms with E-state index in [9.17, 15) is 5.26 Å². The van der Waals surface area contributed by atoms with Gasteiger partial charge in [-0.1, -0.05) is 18.2 Å². The molecule has 130 valence electrons. The molecule has 0 radical (unpaired) electrons. The van der Waals surface area contributed by atoms with Gasteiger partial charge >= 0.3 is 0 Å². The van der Waals surface area contributed by atoms with Crippen LogP contribution in [0.1, 0.15) is 29.0 Å². The average molecular weight is 345 g/mol. The van der Waals surface area contributed by atoms with Crippen molar-refractivity contribution in [2.75, 3.05) is 18.9 Å². The molecule has 1 aliphatic rings. The van der Waals surface area contributed by atoms with Crippen molar-refractivity contribution < 1.29 is 4.74 Å². The molecule has 0 saturated carbocycles. The first kappa shape index (κ1) is 16.3. The number of aromatic nitrogens is 3. The van der Waals surface area contributed by atoms with E-state index in [0.717, 1.165) is 34.5 Å². The van der Waals surface area contributed by atoms with Crippen LogP contribution >= 0.6 is 0 Å². The second kappa shape index (κ2) is 6.62. The van der Waals surface area contributed by atoms with Crippen LogP contribution in [0.2, 0.25) is 0 Å². The average Bonchev–Trinajstić information content (AvgIpc) is 3.33. The standard InChI is InChI=1S/C20H19N5O/c1-13-4-2-3-5-19(13)25-11-15(10-23-25)18-8-16(14-6-7-26-12-14)17(9-21)20(22)24-18/h2-5,8,10-11,14H,6-7,12H2,1H3,(H2,22,24)/t14-/m0/s1. The number of hydrogen-bond acceptors (Lipinski definition) is 5. The van der Waals surface area contributed by atoms with E-state index in [1.165, 1.54) is 0 Å². The molecule has 1 aromatic carbocycles. The van der Waals surface area contributed by atoms with Crippen LogP contribution < -0.4 is 5.73 Å². The summed E-state index contributed by atoms with van der Waals surface area (Å²) in [7, 11) is 0. The molecule has 1 saturated heterocycles. The zero-order valence-electron chi connectivity index (χ0n) is 14.5. The van der Waals surface area contributed by atoms with E-state index < -0.39 is 0 Å². The van der Waals surface area contributed by atoms with Gasteiger partial charge in [-0.15, -0.1) is 0 Å². The normalized spacial score (nSPS) is 16.5. The van der Waals surface area contributed by atoms with Crippen molar-refractivity contribution in [2.24, 2.45) is 0 Å². The minimum absolute atomic E-state index is 0.181. The highest BCUT2D eigenvalue weighted by Crippen LogP contribution is 2.33. The predicted octanol–water partition coefficient (Wildman–Crippen LogP) is 3.20. The van der Waals surface area contributed by atoms with Crippen molar-refractivity contribution >= 4 is 5.82 Å². The first-order chi connectivity index (χ1) is 12.7. The summed E-state index contributed by atoms with van der Waals surface area (Å²) in [5, 5.41) is 13.9. The number of anilines is 1. The van der Waals surface area contributed by atoms with E-state index >= 15 is 0 Å². The molecule has 3 heterocycles. The smallest absolute Gasteiger partial charge is 0.142 e. The molecule has 1 fully saturated rings. The molecular formula is C20H19N5O. The summed E-state index contributed by atoms with van der Waals surface area (Å²) in [5.74, 6) is 0.440. The van der Waals surface area contributed by atoms with Crippen LogP contribution in [0.4, 0.5) is 5.82 Å². The Kier molecular flexibility index (Phi) is 4.15. The molecule has 4 rings (SSSR count). The third-order valence-corrected chi connectivity index (χ3v) is 4.80. The molecule has 6 heteroatoms. The summed E-state index contributed by atoms with van der Waals surface area (Å²) in [6.07, 6.45) is 4.60. The fourth-order valence-corrected chi connectivity index (χ4v) is 3.36. The third kappa shape index (κ3) is 2.83. The van der Waals surface area contributed by atoms with Crippen LogP contribution in [-0.4, -0.2) is 28.0 Å². The Morgan fingerprint density at radius 3 is 2.92 bits per heavy atom. The van der Waals surface area contributed by atoms with E-state index in [2.05, 4.69) is 16.2 Å². The number of pyridine rings is 1. The second-order valence-corrected chi connectivity index (χ2v) is 6.49. The number of nitriles is 1. The van der Waals surface area contributed by atoms with Gasteiger partial charge in [0, 0.05) is 24.3 Å². The third-order valence-electron chi connectivity index (χ3n) is 4.80. The van der Waals surface area contributed by atoms with Crippen LogP contribution in [0.5, 0.6) is 0 Å². The van der Waals surface area contributed by atoms with Crippen molar-refractivity contribution in [1.29, 1.82) is 5.26 Å². The Hall–Kier alpha value is -3.17. The number of aryl methyl sites for hydroxylation is 1. The highest BCUT2D eigenvalue weighted by molar-refractivity contribution is 5.66. The summed E-state index contributed by atoms with van der Waals surface area (Å²) in [5.41, 5.74) is 11.2. The molecule has 2 N–H and O–H groups in total. The minimum atomic E-state index is 0.181. The van der Waals surface area contributed by atoms with Crippen LogP contribution in [0.25, 0.3) is 16.9 Å². The van der Waals surface area contributed by atoms with Gasteiger partial charge in [0.1, 0.15) is 11.9 Å². The topological polar surface area (TPSA) is 89.8 Å². The maximum atomic E-state index is 9.48. The fraction of sp³-hybridized carbons (Fsp3) is 0.250. The maximum absolute atomic E-state index is 9.48. The van der Waals surface area contributed by atoms with Gasteiger partial charge in [0.05, 0.1) is 29.7 Å². The number of hydrogen-bond donors (Lipinski definition) is 1. The number of para-hydroxylation sites is 1. The Morgan fingerprint density at radius 2 is 2.19 bits per heavy atom. The molecule has 0 amide bonds. The van der Waals surface area contributed by atoms with E-state index in [1.807, 2.05) is 48.1 Å². The zero-order valence-corrected chi connectivity index (χ0v) is 14.5. The van der Waals surface area contributed by atoms with Gasteiger partial charge in [-0.3, -0.25) is 0 Å². The van der Waals surface area contributed by atoms with Crippen LogP contribution in [0.15, 0.2) is 42.7 Å². The fourth-order valence-electron chi connectivity index (χ4n) is 3.36. The first-order valence-electron chi connectivity index (χ1n) is 8.56. The number of rotatable bonds is 3. The molecule has 0 unspecified atom stereocenters. The van der Waals surface area contributed by atoms with Crippen molar-refractivity contribution in [3.63, 3.8) is 0 Å². The van der Waals surface area contributed by atoms with E-state index in [1.54, 1.807) is 6.20 Å². The highest BCUT2D eigenvalue weighted by atomic mass is 16.5. The van der Waals surface area contributed by atoms with Crippen molar-refractivity contribution in [1.82, 2.24) is 14.8 Å². The first-order valence-corrected chi connectivity index (χ1v) is 8.56. The molecule has 0 aliphatic carbocycles. The van der Waals surface area contributed by atoms with Crippen molar-refractivity contribution in [3.05, 3.63) is 59.4 Å². The lowest BCUT2D eigenvalue weighted by atomic mass is 9.93. The van der Waals surface area contributed by atoms with Crippen LogP contribution in [0, 0.1) is 18.3 Å². The molecule has 0 spiro atoms. The van der Waals surface area contributed by atoms with Crippen LogP contribution in [-0.2, 0) is 4.74 Å². The van der Waals surface area contributed by atoms with Gasteiger partial charge in [-0.2, -0.15) is 10.4 Å². The monoisotopic (exact) mass is 345 g/mol. The Bertz CT molecular complexity index is 996. The van der Waals surface area contributed by atoms with Crippen molar-refractivity contribution in [3.8, 4) is 23.0 Å². The van der Waals surface area contributed by atoms with E-state index in [0.29, 0.717) is 18.8 Å². The van der Waals surface area contributed by atoms with Gasteiger partial charge in [0.25, 0.3) is 0 Å². The molecule has 26 heavy (non-hydrogen) atoms. The summed E-state index contributed by atoms with van der Waals surface area (Å²) in [4.78, 5) is 4.44. The van der Waals surface area contributed by atoms with Crippen LogP contribution in [0.3, 0.4) is 0 Å². The number of nitrogens with two attached hydrogens (primary N) is 1. The lowest BCUT2D eigenvalue weighted by Crippen LogP contribution is -2.06. The number of nitrogens with zero attached hydrogens (tertiary/aromatic N) is 4. The molecule has 2 aromatic heterocycles. The second-order valence-electron chi connectivity index (χ2n) is 6.49. The molecule has 0 bridgehead atoms. The highest BCUT2D eigenvalue weighted by Gasteiger charge is 2.24. The molecule has 1 aliphatic heterocycles. The van der Waals surface area contributed by atoms with E-state index in [4.69, 9.17) is 10.5 Å². The number of benzene rings is 1. The molecule has 1 atom stereocenters. The van der Waals surface area contributed by atoms with Gasteiger partial charge < -0.3 is 10.5 Å². The summed E-state index contributed by atoms with van der Waals surface area (Å²) in [6, 6.07) is 12.2. The number of ether oxygens (including phenoxy) is 1. The Labute approximate surface area is 151 Å². The molecule has 3 aromatic rings. The number of nitrogen functional groups attached to an aromatic ring is 1. The summed E-state index contributed by atoms with van der Waals surface area (Å²) < 4.78 is 7.32. The minimum Gasteiger partial charge on any atom is -0.383 e. The lowest BCUT2D eigenvalue weighted by Gasteiger charge is -2.13. The Morgan fingerprint density at radius 1 is 1.35 bits per heavy atom. The maximum Gasteiger partial charge on any atom is 0.142 e. The van der Waals surface area contributed by atoms with Gasteiger partial charge in [0.2, 0.25) is 0 Å². The molecule has 6 nitrogen and oxygen atoms in total. The van der Waals surface area contributed by atoms with Gasteiger partial charge in [-0.25, -0.2) is 9.67 Å². The SMILES string of the molecule is Cc1ccccc1-n1cc(-c2cc([C@H]3CCOC3)c(C#N)c(N)n2)cn1. The quantitative estimate of drug-likeness (QED) is 0.787.